The van der Waals surface area contributed by atoms with Crippen molar-refractivity contribution in [3.05, 3.63) is 82.9 Å². The second kappa shape index (κ2) is 7.42. The van der Waals surface area contributed by atoms with Crippen LogP contribution < -0.4 is 0 Å². The lowest BCUT2D eigenvalue weighted by atomic mass is 10.0. The molecule has 2 aromatic heterocycles. The van der Waals surface area contributed by atoms with Gasteiger partial charge in [0, 0.05) is 25.5 Å². The zero-order valence-electron chi connectivity index (χ0n) is 15.6. The molecule has 3 heterocycles. The first-order valence-corrected chi connectivity index (χ1v) is 9.41. The maximum atomic E-state index is 4.90. The van der Waals surface area contributed by atoms with Crippen LogP contribution in [0.25, 0.3) is 0 Å². The molecule has 4 heteroatoms. The van der Waals surface area contributed by atoms with E-state index in [1.807, 2.05) is 17.9 Å². The molecule has 0 aliphatic carbocycles. The van der Waals surface area contributed by atoms with Crippen LogP contribution in [0, 0.1) is 6.92 Å². The second-order valence-corrected chi connectivity index (χ2v) is 7.28. The third-order valence-electron chi connectivity index (χ3n) is 5.28. The zero-order chi connectivity index (χ0) is 17.9. The Morgan fingerprint density at radius 3 is 2.69 bits per heavy atom. The van der Waals surface area contributed by atoms with E-state index >= 15 is 0 Å². The number of hydrogen-bond donors (Lipinski definition) is 0. The average molecular weight is 346 g/mol. The highest BCUT2D eigenvalue weighted by molar-refractivity contribution is 5.30. The van der Waals surface area contributed by atoms with Crippen molar-refractivity contribution in [3.8, 4) is 0 Å². The number of nitrogens with zero attached hydrogens (tertiary/aromatic N) is 4. The number of aryl methyl sites for hydroxylation is 2. The van der Waals surface area contributed by atoms with Gasteiger partial charge in [0.15, 0.2) is 0 Å². The monoisotopic (exact) mass is 346 g/mol. The van der Waals surface area contributed by atoms with Crippen molar-refractivity contribution in [1.29, 1.82) is 0 Å². The fraction of sp³-hybridized carbons (Fsp3) is 0.364. The van der Waals surface area contributed by atoms with Gasteiger partial charge < -0.3 is 0 Å². The van der Waals surface area contributed by atoms with Gasteiger partial charge in [-0.1, -0.05) is 30.3 Å². The molecule has 0 N–H and O–H groups in total. The molecule has 134 valence electrons. The minimum atomic E-state index is 0.402. The standard InChI is InChI=1S/C22H26N4/c1-17-13-19(14-18-7-4-3-5-8-18)15-21(24-17)22-9-6-12-26(22)16-20-10-11-23-25(20)2/h3-5,7-8,10-11,13,15,22H,6,9,12,14,16H2,1-2H3/t22-/m0/s1. The molecule has 1 aliphatic heterocycles. The Morgan fingerprint density at radius 2 is 1.92 bits per heavy atom. The Kier molecular flexibility index (Phi) is 4.85. The molecule has 26 heavy (non-hydrogen) atoms. The lowest BCUT2D eigenvalue weighted by molar-refractivity contribution is 0.238. The number of aromatic nitrogens is 3. The van der Waals surface area contributed by atoms with Gasteiger partial charge in [-0.2, -0.15) is 5.10 Å². The summed E-state index contributed by atoms with van der Waals surface area (Å²) in [4.78, 5) is 7.44. The van der Waals surface area contributed by atoms with Crippen molar-refractivity contribution >= 4 is 0 Å². The number of likely N-dealkylation sites (tertiary alicyclic amines) is 1. The third kappa shape index (κ3) is 3.70. The summed E-state index contributed by atoms with van der Waals surface area (Å²) in [6.07, 6.45) is 5.25. The number of benzene rings is 1. The highest BCUT2D eigenvalue weighted by Crippen LogP contribution is 2.33. The van der Waals surface area contributed by atoms with Gasteiger partial charge in [-0.05, 0) is 62.1 Å². The van der Waals surface area contributed by atoms with Crippen molar-refractivity contribution in [2.75, 3.05) is 6.54 Å². The van der Waals surface area contributed by atoms with Crippen LogP contribution in [0.5, 0.6) is 0 Å². The van der Waals surface area contributed by atoms with E-state index in [1.54, 1.807) is 0 Å². The predicted molar refractivity (Wildman–Crippen MR) is 104 cm³/mol. The summed E-state index contributed by atoms with van der Waals surface area (Å²) in [5, 5.41) is 4.31. The fourth-order valence-corrected chi connectivity index (χ4v) is 3.99. The van der Waals surface area contributed by atoms with E-state index in [-0.39, 0.29) is 0 Å². The van der Waals surface area contributed by atoms with Crippen molar-refractivity contribution in [1.82, 2.24) is 19.7 Å². The molecule has 1 atom stereocenters. The van der Waals surface area contributed by atoms with Crippen LogP contribution in [0.1, 0.15) is 47.1 Å². The van der Waals surface area contributed by atoms with Crippen LogP contribution in [0.4, 0.5) is 0 Å². The van der Waals surface area contributed by atoms with Crippen LogP contribution in [0.2, 0.25) is 0 Å². The van der Waals surface area contributed by atoms with Gasteiger partial charge in [0.1, 0.15) is 0 Å². The highest BCUT2D eigenvalue weighted by Gasteiger charge is 2.28. The molecule has 0 unspecified atom stereocenters. The molecule has 4 rings (SSSR count). The molecule has 4 nitrogen and oxygen atoms in total. The topological polar surface area (TPSA) is 34.0 Å². The van der Waals surface area contributed by atoms with Crippen molar-refractivity contribution in [3.63, 3.8) is 0 Å². The average Bonchev–Trinajstić information content (AvgIpc) is 3.25. The summed E-state index contributed by atoms with van der Waals surface area (Å²) < 4.78 is 1.97. The Hall–Kier alpha value is -2.46. The van der Waals surface area contributed by atoms with Gasteiger partial charge >= 0.3 is 0 Å². The van der Waals surface area contributed by atoms with Crippen LogP contribution >= 0.6 is 0 Å². The molecule has 1 aliphatic rings. The van der Waals surface area contributed by atoms with E-state index in [2.05, 4.69) is 65.5 Å². The SMILES string of the molecule is Cc1cc(Cc2ccccc2)cc([C@@H]2CCCN2Cc2ccnn2C)n1. The number of hydrogen-bond acceptors (Lipinski definition) is 3. The lowest BCUT2D eigenvalue weighted by Gasteiger charge is -2.24. The van der Waals surface area contributed by atoms with Gasteiger partial charge in [0.25, 0.3) is 0 Å². The van der Waals surface area contributed by atoms with Gasteiger partial charge in [-0.15, -0.1) is 0 Å². The van der Waals surface area contributed by atoms with E-state index in [1.165, 1.54) is 35.4 Å². The first-order valence-electron chi connectivity index (χ1n) is 9.41. The lowest BCUT2D eigenvalue weighted by Crippen LogP contribution is -2.25. The summed E-state index contributed by atoms with van der Waals surface area (Å²) in [7, 11) is 2.02. The molecular formula is C22H26N4. The molecule has 1 aromatic carbocycles. The fourth-order valence-electron chi connectivity index (χ4n) is 3.99. The molecule has 0 bridgehead atoms. The first kappa shape index (κ1) is 17.0. The van der Waals surface area contributed by atoms with Crippen LogP contribution in [0.3, 0.4) is 0 Å². The summed E-state index contributed by atoms with van der Waals surface area (Å²) in [5.74, 6) is 0. The third-order valence-corrected chi connectivity index (χ3v) is 5.28. The molecule has 0 radical (unpaired) electrons. The maximum absolute atomic E-state index is 4.90. The van der Waals surface area contributed by atoms with Crippen LogP contribution in [-0.4, -0.2) is 26.2 Å². The molecule has 1 fully saturated rings. The minimum absolute atomic E-state index is 0.402. The van der Waals surface area contributed by atoms with Gasteiger partial charge in [-0.3, -0.25) is 14.6 Å². The van der Waals surface area contributed by atoms with E-state index < -0.39 is 0 Å². The summed E-state index contributed by atoms with van der Waals surface area (Å²) in [5.41, 5.74) is 6.29. The van der Waals surface area contributed by atoms with Crippen LogP contribution in [0.15, 0.2) is 54.7 Å². The Balaban J connectivity index is 1.57. The number of pyridine rings is 1. The van der Waals surface area contributed by atoms with E-state index in [4.69, 9.17) is 4.98 Å². The highest BCUT2D eigenvalue weighted by atomic mass is 15.3. The molecule has 0 amide bonds. The quantitative estimate of drug-likeness (QED) is 0.699. The van der Waals surface area contributed by atoms with E-state index in [9.17, 15) is 0 Å². The summed E-state index contributed by atoms with van der Waals surface area (Å²) in [6, 6.07) is 17.7. The molecule has 0 saturated carbocycles. The van der Waals surface area contributed by atoms with Gasteiger partial charge in [0.2, 0.25) is 0 Å². The first-order chi connectivity index (χ1) is 12.7. The second-order valence-electron chi connectivity index (χ2n) is 7.28. The van der Waals surface area contributed by atoms with E-state index in [0.29, 0.717) is 6.04 Å². The zero-order valence-corrected chi connectivity index (χ0v) is 15.6. The van der Waals surface area contributed by atoms with Crippen molar-refractivity contribution < 1.29 is 0 Å². The van der Waals surface area contributed by atoms with E-state index in [0.717, 1.165) is 25.2 Å². The van der Waals surface area contributed by atoms with Crippen molar-refractivity contribution in [2.45, 2.75) is 38.8 Å². The normalized spacial score (nSPS) is 17.7. The Morgan fingerprint density at radius 1 is 1.08 bits per heavy atom. The Bertz CT molecular complexity index is 869. The largest absolute Gasteiger partial charge is 0.289 e. The van der Waals surface area contributed by atoms with Crippen LogP contribution in [-0.2, 0) is 20.0 Å². The maximum Gasteiger partial charge on any atom is 0.0581 e. The van der Waals surface area contributed by atoms with Gasteiger partial charge in [0.05, 0.1) is 17.4 Å². The van der Waals surface area contributed by atoms with Crippen molar-refractivity contribution in [2.24, 2.45) is 7.05 Å². The predicted octanol–water partition coefficient (Wildman–Crippen LogP) is 4.05. The molecule has 0 spiro atoms. The number of rotatable bonds is 5. The summed E-state index contributed by atoms with van der Waals surface area (Å²) in [6.45, 7) is 4.17. The summed E-state index contributed by atoms with van der Waals surface area (Å²) >= 11 is 0. The molecular weight excluding hydrogens is 320 g/mol. The smallest absolute Gasteiger partial charge is 0.0581 e. The molecule has 3 aromatic rings. The minimum Gasteiger partial charge on any atom is -0.289 e. The van der Waals surface area contributed by atoms with Gasteiger partial charge in [-0.25, -0.2) is 0 Å². The Labute approximate surface area is 155 Å². The molecule has 1 saturated heterocycles.